The number of imide groups is 2. The van der Waals surface area contributed by atoms with Crippen LogP contribution in [0.4, 0.5) is 4.79 Å². The Bertz CT molecular complexity index is 1150. The highest BCUT2D eigenvalue weighted by Gasteiger charge is 2.37. The number of ether oxygens (including phenoxy) is 1. The molecule has 6 nitrogen and oxygen atoms in total. The number of hydrogen-bond donors (Lipinski definition) is 0. The molecule has 0 aliphatic carbocycles. The molecule has 1 saturated heterocycles. The van der Waals surface area contributed by atoms with Crippen LogP contribution in [0.2, 0.25) is 0 Å². The van der Waals surface area contributed by atoms with Crippen LogP contribution in [0.25, 0.3) is 16.8 Å². The molecule has 0 saturated carbocycles. The number of hydrogen-bond acceptors (Lipinski definition) is 4. The molecule has 3 aromatic carbocycles. The van der Waals surface area contributed by atoms with Gasteiger partial charge in [-0.1, -0.05) is 54.6 Å². The first-order valence-corrected chi connectivity index (χ1v) is 9.47. The predicted octanol–water partition coefficient (Wildman–Crippen LogP) is 3.85. The van der Waals surface area contributed by atoms with E-state index in [1.54, 1.807) is 24.3 Å². The molecule has 0 bridgehead atoms. The lowest BCUT2D eigenvalue weighted by Crippen LogP contribution is -2.52. The number of rotatable bonds is 4. The molecule has 1 aliphatic heterocycles. The second-order valence-corrected chi connectivity index (χ2v) is 7.06. The van der Waals surface area contributed by atoms with E-state index in [4.69, 9.17) is 4.74 Å². The van der Waals surface area contributed by atoms with Crippen LogP contribution >= 0.6 is 0 Å². The van der Waals surface area contributed by atoms with Gasteiger partial charge in [-0.2, -0.15) is 0 Å². The molecule has 6 heteroatoms. The molecule has 1 heterocycles. The minimum atomic E-state index is -0.640. The fourth-order valence-corrected chi connectivity index (χ4v) is 3.38. The first kappa shape index (κ1) is 19.4. The molecule has 0 N–H and O–H groups in total. The largest absolute Gasteiger partial charge is 0.489 e. The first-order chi connectivity index (χ1) is 14.5. The Morgan fingerprint density at radius 3 is 2.13 bits per heavy atom. The SMILES string of the molecule is CN1C(=O)C(=Cc2ccc(OCc3cccc4ccccc34)cc2)C(=O)N(C)C1=O. The van der Waals surface area contributed by atoms with Gasteiger partial charge in [-0.3, -0.25) is 19.4 Å². The molecule has 0 aromatic heterocycles. The number of nitrogens with zero attached hydrogens (tertiary/aromatic N) is 2. The van der Waals surface area contributed by atoms with Gasteiger partial charge in [0.1, 0.15) is 17.9 Å². The summed E-state index contributed by atoms with van der Waals surface area (Å²) in [6, 6.07) is 20.7. The van der Waals surface area contributed by atoms with Gasteiger partial charge in [0, 0.05) is 14.1 Å². The second-order valence-electron chi connectivity index (χ2n) is 7.06. The lowest BCUT2D eigenvalue weighted by atomic mass is 10.1. The average molecular weight is 400 g/mol. The van der Waals surface area contributed by atoms with Crippen molar-refractivity contribution in [3.05, 3.63) is 83.4 Å². The second kappa shape index (κ2) is 7.83. The van der Waals surface area contributed by atoms with Gasteiger partial charge in [0.2, 0.25) is 0 Å². The van der Waals surface area contributed by atoms with Crippen molar-refractivity contribution in [2.45, 2.75) is 6.61 Å². The van der Waals surface area contributed by atoms with Gasteiger partial charge in [0.25, 0.3) is 11.8 Å². The molecule has 1 fully saturated rings. The van der Waals surface area contributed by atoms with Gasteiger partial charge in [-0.05, 0) is 40.1 Å². The maximum atomic E-state index is 12.3. The van der Waals surface area contributed by atoms with Gasteiger partial charge < -0.3 is 4.74 Å². The van der Waals surface area contributed by atoms with E-state index in [0.717, 1.165) is 26.1 Å². The number of benzene rings is 3. The number of carbonyl (C=O) groups excluding carboxylic acids is 3. The molecule has 0 spiro atoms. The van der Waals surface area contributed by atoms with Gasteiger partial charge in [-0.25, -0.2) is 4.79 Å². The molecule has 0 atom stereocenters. The Balaban J connectivity index is 1.50. The van der Waals surface area contributed by atoms with Crippen molar-refractivity contribution in [3.63, 3.8) is 0 Å². The summed E-state index contributed by atoms with van der Waals surface area (Å²) in [5.41, 5.74) is 1.71. The number of fused-ring (bicyclic) bond motifs is 1. The van der Waals surface area contributed by atoms with Crippen LogP contribution in [0.1, 0.15) is 11.1 Å². The molecule has 0 radical (unpaired) electrons. The summed E-state index contributed by atoms with van der Waals surface area (Å²) in [7, 11) is 2.71. The van der Waals surface area contributed by atoms with Crippen LogP contribution in [0.3, 0.4) is 0 Å². The minimum Gasteiger partial charge on any atom is -0.489 e. The molecule has 0 unspecified atom stereocenters. The topological polar surface area (TPSA) is 66.9 Å². The van der Waals surface area contributed by atoms with E-state index in [9.17, 15) is 14.4 Å². The predicted molar refractivity (Wildman–Crippen MR) is 114 cm³/mol. The normalized spacial score (nSPS) is 14.5. The number of barbiturate groups is 1. The summed E-state index contributed by atoms with van der Waals surface area (Å²) in [5.74, 6) is -0.547. The zero-order valence-corrected chi connectivity index (χ0v) is 16.7. The lowest BCUT2D eigenvalue weighted by molar-refractivity contribution is -0.134. The summed E-state index contributed by atoms with van der Waals surface area (Å²) in [6.07, 6.45) is 1.48. The Morgan fingerprint density at radius 2 is 1.43 bits per heavy atom. The quantitative estimate of drug-likeness (QED) is 0.493. The zero-order chi connectivity index (χ0) is 21.3. The van der Waals surface area contributed by atoms with Crippen molar-refractivity contribution >= 4 is 34.7 Å². The highest BCUT2D eigenvalue weighted by atomic mass is 16.5. The van der Waals surface area contributed by atoms with Gasteiger partial charge >= 0.3 is 6.03 Å². The van der Waals surface area contributed by atoms with Crippen molar-refractivity contribution in [3.8, 4) is 5.75 Å². The van der Waals surface area contributed by atoms with Gasteiger partial charge in [0.15, 0.2) is 0 Å². The van der Waals surface area contributed by atoms with E-state index in [2.05, 4.69) is 18.2 Å². The van der Waals surface area contributed by atoms with Crippen LogP contribution in [-0.2, 0) is 16.2 Å². The van der Waals surface area contributed by atoms with Crippen molar-refractivity contribution < 1.29 is 19.1 Å². The fourth-order valence-electron chi connectivity index (χ4n) is 3.38. The fraction of sp³-hybridized carbons (Fsp3) is 0.125. The van der Waals surface area contributed by atoms with Crippen LogP contribution in [-0.4, -0.2) is 41.7 Å². The highest BCUT2D eigenvalue weighted by molar-refractivity contribution is 6.30. The monoisotopic (exact) mass is 400 g/mol. The van der Waals surface area contributed by atoms with E-state index >= 15 is 0 Å². The molecule has 30 heavy (non-hydrogen) atoms. The molecule has 4 rings (SSSR count). The maximum Gasteiger partial charge on any atom is 0.333 e. The Morgan fingerprint density at radius 1 is 0.800 bits per heavy atom. The van der Waals surface area contributed by atoms with Crippen LogP contribution in [0.5, 0.6) is 5.75 Å². The van der Waals surface area contributed by atoms with Gasteiger partial charge in [-0.15, -0.1) is 0 Å². The van der Waals surface area contributed by atoms with E-state index in [1.807, 2.05) is 24.3 Å². The molecule has 1 aliphatic rings. The molecular formula is C24H20N2O4. The third kappa shape index (κ3) is 3.55. The molecule has 4 amide bonds. The summed E-state index contributed by atoms with van der Waals surface area (Å²) in [5, 5.41) is 2.31. The number of urea groups is 1. The maximum absolute atomic E-state index is 12.3. The first-order valence-electron chi connectivity index (χ1n) is 9.47. The standard InChI is InChI=1S/C24H20N2O4/c1-25-22(27)21(23(28)26(2)24(25)29)14-16-10-12-19(13-11-16)30-15-18-8-5-7-17-6-3-4-9-20(17)18/h3-14H,15H2,1-2H3. The molecular weight excluding hydrogens is 380 g/mol. The Kier molecular flexibility index (Phi) is 5.06. The summed E-state index contributed by atoms with van der Waals surface area (Å²) in [6.45, 7) is 0.427. The average Bonchev–Trinajstić information content (AvgIpc) is 2.78. The summed E-state index contributed by atoms with van der Waals surface area (Å²) < 4.78 is 5.92. The van der Waals surface area contributed by atoms with E-state index in [-0.39, 0.29) is 5.57 Å². The summed E-state index contributed by atoms with van der Waals surface area (Å²) >= 11 is 0. The van der Waals surface area contributed by atoms with Crippen LogP contribution in [0.15, 0.2) is 72.3 Å². The number of likely N-dealkylation sites (N-methyl/N-ethyl adjacent to an activating group) is 2. The molecule has 3 aromatic rings. The van der Waals surface area contributed by atoms with Crippen molar-refractivity contribution in [2.24, 2.45) is 0 Å². The van der Waals surface area contributed by atoms with Crippen LogP contribution < -0.4 is 4.74 Å². The van der Waals surface area contributed by atoms with Crippen molar-refractivity contribution in [1.29, 1.82) is 0 Å². The number of carbonyl (C=O) groups is 3. The summed E-state index contributed by atoms with van der Waals surface area (Å²) in [4.78, 5) is 38.3. The molecule has 150 valence electrons. The van der Waals surface area contributed by atoms with E-state index in [1.165, 1.54) is 20.2 Å². The van der Waals surface area contributed by atoms with Crippen LogP contribution in [0, 0.1) is 0 Å². The van der Waals surface area contributed by atoms with E-state index in [0.29, 0.717) is 17.9 Å². The third-order valence-electron chi connectivity index (χ3n) is 5.11. The van der Waals surface area contributed by atoms with E-state index < -0.39 is 17.8 Å². The lowest BCUT2D eigenvalue weighted by Gasteiger charge is -2.28. The van der Waals surface area contributed by atoms with Crippen molar-refractivity contribution in [2.75, 3.05) is 14.1 Å². The Labute approximate surface area is 174 Å². The van der Waals surface area contributed by atoms with Gasteiger partial charge in [0.05, 0.1) is 0 Å². The Hall–Kier alpha value is -3.93. The zero-order valence-electron chi connectivity index (χ0n) is 16.7. The smallest absolute Gasteiger partial charge is 0.333 e. The highest BCUT2D eigenvalue weighted by Crippen LogP contribution is 2.22. The minimum absolute atomic E-state index is 0.0518. The number of amides is 4. The van der Waals surface area contributed by atoms with Crippen molar-refractivity contribution in [1.82, 2.24) is 9.80 Å². The third-order valence-corrected chi connectivity index (χ3v) is 5.11.